The number of hydrogen-bond acceptors (Lipinski definition) is 3. The number of benzene rings is 1. The van der Waals surface area contributed by atoms with E-state index in [9.17, 15) is 0 Å². The lowest BCUT2D eigenvalue weighted by atomic mass is 10.1. The summed E-state index contributed by atoms with van der Waals surface area (Å²) >= 11 is 0. The van der Waals surface area contributed by atoms with Gasteiger partial charge in [-0.25, -0.2) is 0 Å². The van der Waals surface area contributed by atoms with Gasteiger partial charge in [0.05, 0.1) is 18.1 Å². The molecule has 15 heavy (non-hydrogen) atoms. The van der Waals surface area contributed by atoms with Crippen LogP contribution < -0.4 is 5.73 Å². The Morgan fingerprint density at radius 2 is 2.07 bits per heavy atom. The molecule has 2 aromatic rings. The molecule has 1 aromatic heterocycles. The van der Waals surface area contributed by atoms with Crippen molar-refractivity contribution in [3.8, 4) is 5.69 Å². The second kappa shape index (κ2) is 3.17. The zero-order valence-electron chi connectivity index (χ0n) is 8.30. The van der Waals surface area contributed by atoms with Gasteiger partial charge in [-0.05, 0) is 36.1 Å². The summed E-state index contributed by atoms with van der Waals surface area (Å²) in [7, 11) is 0. The van der Waals surface area contributed by atoms with Crippen molar-refractivity contribution in [1.29, 1.82) is 0 Å². The molecule has 0 unspecified atom stereocenters. The van der Waals surface area contributed by atoms with E-state index >= 15 is 0 Å². The van der Waals surface area contributed by atoms with Crippen LogP contribution in [0.25, 0.3) is 5.69 Å². The molecule has 0 aliphatic heterocycles. The maximum Gasteiger partial charge on any atom is 0.0859 e. The molecule has 3 rings (SSSR count). The van der Waals surface area contributed by atoms with Crippen LogP contribution in [0.1, 0.15) is 23.6 Å². The zero-order chi connectivity index (χ0) is 10.3. The Kier molecular flexibility index (Phi) is 1.82. The lowest BCUT2D eigenvalue weighted by Crippen LogP contribution is -2.05. The molecular formula is C11H12N4. The molecule has 0 bridgehead atoms. The Morgan fingerprint density at radius 1 is 1.27 bits per heavy atom. The van der Waals surface area contributed by atoms with E-state index in [1.54, 1.807) is 17.2 Å². The van der Waals surface area contributed by atoms with E-state index in [1.165, 1.54) is 11.1 Å². The van der Waals surface area contributed by atoms with Gasteiger partial charge in [0, 0.05) is 6.04 Å². The monoisotopic (exact) mass is 200 g/mol. The first-order chi connectivity index (χ1) is 7.34. The Hall–Kier alpha value is -1.68. The van der Waals surface area contributed by atoms with Gasteiger partial charge in [-0.3, -0.25) is 0 Å². The quantitative estimate of drug-likeness (QED) is 0.752. The highest BCUT2D eigenvalue weighted by Crippen LogP contribution is 2.30. The zero-order valence-corrected chi connectivity index (χ0v) is 8.30. The first kappa shape index (κ1) is 8.61. The Morgan fingerprint density at radius 3 is 2.87 bits per heavy atom. The molecule has 0 spiro atoms. The van der Waals surface area contributed by atoms with Crippen LogP contribution in [0.15, 0.2) is 30.6 Å². The van der Waals surface area contributed by atoms with E-state index in [0.29, 0.717) is 0 Å². The van der Waals surface area contributed by atoms with Crippen LogP contribution in [-0.2, 0) is 6.42 Å². The summed E-state index contributed by atoms with van der Waals surface area (Å²) in [6.45, 7) is 0. The topological polar surface area (TPSA) is 56.7 Å². The van der Waals surface area contributed by atoms with Gasteiger partial charge >= 0.3 is 0 Å². The van der Waals surface area contributed by atoms with E-state index in [1.807, 2.05) is 6.07 Å². The predicted molar refractivity (Wildman–Crippen MR) is 56.6 cm³/mol. The first-order valence-corrected chi connectivity index (χ1v) is 5.10. The fraction of sp³-hybridized carbons (Fsp3) is 0.273. The molecule has 4 heteroatoms. The summed E-state index contributed by atoms with van der Waals surface area (Å²) in [5, 5.41) is 8.21. The number of nitrogens with zero attached hydrogens (tertiary/aromatic N) is 3. The average molecular weight is 200 g/mol. The first-order valence-electron chi connectivity index (χ1n) is 5.10. The minimum absolute atomic E-state index is 0.208. The lowest BCUT2D eigenvalue weighted by Gasteiger charge is -2.06. The van der Waals surface area contributed by atoms with Gasteiger partial charge in [0.2, 0.25) is 0 Å². The van der Waals surface area contributed by atoms with Crippen LogP contribution in [0.4, 0.5) is 0 Å². The fourth-order valence-electron chi connectivity index (χ4n) is 2.11. The van der Waals surface area contributed by atoms with Gasteiger partial charge in [-0.2, -0.15) is 15.0 Å². The van der Waals surface area contributed by atoms with Gasteiger partial charge in [0.1, 0.15) is 0 Å². The Labute approximate surface area is 87.7 Å². The number of fused-ring (bicyclic) bond motifs is 1. The third kappa shape index (κ3) is 1.34. The molecule has 1 heterocycles. The van der Waals surface area contributed by atoms with Crippen molar-refractivity contribution in [3.63, 3.8) is 0 Å². The minimum Gasteiger partial charge on any atom is -0.324 e. The third-order valence-electron chi connectivity index (χ3n) is 2.90. The number of rotatable bonds is 1. The Balaban J connectivity index is 2.07. The van der Waals surface area contributed by atoms with Crippen LogP contribution >= 0.6 is 0 Å². The van der Waals surface area contributed by atoms with Crippen LogP contribution in [0.5, 0.6) is 0 Å². The van der Waals surface area contributed by atoms with Crippen LogP contribution in [-0.4, -0.2) is 15.0 Å². The summed E-state index contributed by atoms with van der Waals surface area (Å²) in [6, 6.07) is 6.44. The van der Waals surface area contributed by atoms with E-state index < -0.39 is 0 Å². The van der Waals surface area contributed by atoms with Crippen LogP contribution in [0.2, 0.25) is 0 Å². The summed E-state index contributed by atoms with van der Waals surface area (Å²) < 4.78 is 0. The fourth-order valence-corrected chi connectivity index (χ4v) is 2.11. The SMILES string of the molecule is N[C@@H]1CCc2cc(-n3nccn3)ccc21. The summed E-state index contributed by atoms with van der Waals surface area (Å²) in [6.07, 6.45) is 5.47. The van der Waals surface area contributed by atoms with Crippen molar-refractivity contribution in [2.45, 2.75) is 18.9 Å². The Bertz CT molecular complexity index is 475. The number of aryl methyl sites for hydroxylation is 1. The third-order valence-corrected chi connectivity index (χ3v) is 2.90. The van der Waals surface area contributed by atoms with Crippen molar-refractivity contribution >= 4 is 0 Å². The summed E-state index contributed by atoms with van der Waals surface area (Å²) in [5.41, 5.74) is 9.58. The highest BCUT2D eigenvalue weighted by Gasteiger charge is 2.19. The van der Waals surface area contributed by atoms with Crippen molar-refractivity contribution in [3.05, 3.63) is 41.7 Å². The normalized spacial score (nSPS) is 19.1. The van der Waals surface area contributed by atoms with Crippen LogP contribution in [0.3, 0.4) is 0 Å². The molecule has 1 aliphatic rings. The van der Waals surface area contributed by atoms with Crippen molar-refractivity contribution in [2.24, 2.45) is 5.73 Å². The molecule has 0 radical (unpaired) electrons. The molecule has 0 fully saturated rings. The maximum absolute atomic E-state index is 5.98. The predicted octanol–water partition coefficient (Wildman–Crippen LogP) is 1.21. The number of aromatic nitrogens is 3. The molecule has 1 aromatic carbocycles. The number of nitrogens with two attached hydrogens (primary N) is 1. The van der Waals surface area contributed by atoms with Gasteiger partial charge in [-0.1, -0.05) is 6.07 Å². The molecule has 4 nitrogen and oxygen atoms in total. The van der Waals surface area contributed by atoms with E-state index in [-0.39, 0.29) is 6.04 Å². The van der Waals surface area contributed by atoms with Crippen LogP contribution in [0, 0.1) is 0 Å². The molecular weight excluding hydrogens is 188 g/mol. The van der Waals surface area contributed by atoms with E-state index in [4.69, 9.17) is 5.73 Å². The highest BCUT2D eigenvalue weighted by atomic mass is 15.5. The van der Waals surface area contributed by atoms with Gasteiger partial charge in [-0.15, -0.1) is 0 Å². The smallest absolute Gasteiger partial charge is 0.0859 e. The van der Waals surface area contributed by atoms with Crippen molar-refractivity contribution in [1.82, 2.24) is 15.0 Å². The lowest BCUT2D eigenvalue weighted by molar-refractivity contribution is 0.713. The van der Waals surface area contributed by atoms with Crippen molar-refractivity contribution in [2.75, 3.05) is 0 Å². The largest absolute Gasteiger partial charge is 0.324 e. The van der Waals surface area contributed by atoms with Gasteiger partial charge in [0.15, 0.2) is 0 Å². The van der Waals surface area contributed by atoms with Crippen molar-refractivity contribution < 1.29 is 0 Å². The summed E-state index contributed by atoms with van der Waals surface area (Å²) in [5.74, 6) is 0. The van der Waals surface area contributed by atoms with E-state index in [0.717, 1.165) is 18.5 Å². The second-order valence-electron chi connectivity index (χ2n) is 3.85. The molecule has 0 amide bonds. The molecule has 2 N–H and O–H groups in total. The number of hydrogen-bond donors (Lipinski definition) is 1. The standard InChI is InChI=1S/C11H12N4/c12-11-4-1-8-7-9(2-3-10(8)11)15-13-5-6-14-15/h2-3,5-7,11H,1,4,12H2/t11-/m1/s1. The minimum atomic E-state index is 0.208. The van der Waals surface area contributed by atoms with E-state index in [2.05, 4.69) is 22.3 Å². The molecule has 1 atom stereocenters. The molecule has 0 saturated heterocycles. The molecule has 0 saturated carbocycles. The maximum atomic E-state index is 5.98. The molecule has 1 aliphatic carbocycles. The second-order valence-corrected chi connectivity index (χ2v) is 3.85. The highest BCUT2D eigenvalue weighted by molar-refractivity contribution is 5.43. The molecule has 76 valence electrons. The average Bonchev–Trinajstić information content (AvgIpc) is 2.88. The van der Waals surface area contributed by atoms with Gasteiger partial charge < -0.3 is 5.73 Å². The van der Waals surface area contributed by atoms with Gasteiger partial charge in [0.25, 0.3) is 0 Å². The summed E-state index contributed by atoms with van der Waals surface area (Å²) in [4.78, 5) is 1.63.